The van der Waals surface area contributed by atoms with E-state index in [1.165, 1.54) is 23.9 Å². The van der Waals surface area contributed by atoms with Crippen molar-refractivity contribution >= 4 is 35.0 Å². The van der Waals surface area contributed by atoms with E-state index in [0.717, 1.165) is 16.8 Å². The number of hydrogen-bond donors (Lipinski definition) is 3. The van der Waals surface area contributed by atoms with Crippen molar-refractivity contribution in [2.75, 3.05) is 16.4 Å². The van der Waals surface area contributed by atoms with Gasteiger partial charge in [-0.25, -0.2) is 0 Å². The Hall–Kier alpha value is -3.33. The van der Waals surface area contributed by atoms with Crippen molar-refractivity contribution in [1.29, 1.82) is 0 Å². The summed E-state index contributed by atoms with van der Waals surface area (Å²) in [7, 11) is 0. The van der Waals surface area contributed by atoms with Crippen LogP contribution in [0.25, 0.3) is 0 Å². The number of amides is 2. The van der Waals surface area contributed by atoms with Gasteiger partial charge in [0.1, 0.15) is 11.6 Å². The van der Waals surface area contributed by atoms with Crippen LogP contribution in [0.2, 0.25) is 0 Å². The van der Waals surface area contributed by atoms with Crippen molar-refractivity contribution in [1.82, 2.24) is 14.8 Å². The molecule has 0 radical (unpaired) electrons. The minimum Gasteiger partial charge on any atom is -0.508 e. The maximum atomic E-state index is 12.5. The molecule has 9 heteroatoms. The number of rotatable bonds is 8. The first-order chi connectivity index (χ1) is 14.9. The number of phenolic OH excluding ortho intramolecular Hbond substituents is 1. The number of aromatic hydroxyl groups is 1. The summed E-state index contributed by atoms with van der Waals surface area (Å²) < 4.78 is 1.83. The van der Waals surface area contributed by atoms with E-state index in [1.807, 2.05) is 43.5 Å². The molecule has 1 heterocycles. The average molecular weight is 440 g/mol. The number of phenols is 1. The summed E-state index contributed by atoms with van der Waals surface area (Å²) in [6.45, 7) is 6.48. The molecule has 31 heavy (non-hydrogen) atoms. The molecule has 0 unspecified atom stereocenters. The molecule has 2 amide bonds. The number of hydrogen-bond acceptors (Lipinski definition) is 6. The first-order valence-corrected chi connectivity index (χ1v) is 10.9. The second-order valence-electron chi connectivity index (χ2n) is 7.00. The lowest BCUT2D eigenvalue weighted by molar-refractivity contribution is -0.116. The smallest absolute Gasteiger partial charge is 0.234 e. The summed E-state index contributed by atoms with van der Waals surface area (Å²) in [5.74, 6) is 0.355. The Morgan fingerprint density at radius 2 is 1.84 bits per heavy atom. The molecular formula is C22H25N5O3S. The second kappa shape index (κ2) is 10.1. The van der Waals surface area contributed by atoms with Crippen LogP contribution in [0.3, 0.4) is 0 Å². The maximum absolute atomic E-state index is 12.5. The normalized spacial score (nSPS) is 10.7. The van der Waals surface area contributed by atoms with Gasteiger partial charge in [-0.2, -0.15) is 0 Å². The average Bonchev–Trinajstić information content (AvgIpc) is 3.11. The van der Waals surface area contributed by atoms with Gasteiger partial charge in [0.2, 0.25) is 11.8 Å². The third-order valence-corrected chi connectivity index (χ3v) is 5.74. The number of aromatic nitrogens is 3. The Morgan fingerprint density at radius 3 is 2.58 bits per heavy atom. The summed E-state index contributed by atoms with van der Waals surface area (Å²) >= 11 is 1.24. The molecule has 0 spiro atoms. The van der Waals surface area contributed by atoms with Crippen LogP contribution in [0, 0.1) is 13.8 Å². The lowest BCUT2D eigenvalue weighted by Crippen LogP contribution is -2.18. The van der Waals surface area contributed by atoms with Crippen molar-refractivity contribution in [3.05, 3.63) is 59.4 Å². The molecule has 0 aliphatic heterocycles. The van der Waals surface area contributed by atoms with E-state index in [4.69, 9.17) is 0 Å². The molecule has 162 valence electrons. The van der Waals surface area contributed by atoms with Gasteiger partial charge >= 0.3 is 0 Å². The summed E-state index contributed by atoms with van der Waals surface area (Å²) in [6, 6.07) is 12.1. The molecule has 2 aromatic carbocycles. The summed E-state index contributed by atoms with van der Waals surface area (Å²) in [5, 5.41) is 24.0. The number of anilines is 2. The molecule has 0 aliphatic carbocycles. The van der Waals surface area contributed by atoms with Crippen LogP contribution >= 0.6 is 11.8 Å². The molecule has 0 atom stereocenters. The largest absolute Gasteiger partial charge is 0.508 e. The van der Waals surface area contributed by atoms with E-state index in [0.29, 0.717) is 23.2 Å². The fourth-order valence-electron chi connectivity index (χ4n) is 3.01. The standard InChI is InChI=1S/C22H25N5O3S/c1-4-27-19(12-20(29)24-18-10-5-7-14(2)15(18)3)25-26-22(27)31-13-21(30)23-16-8-6-9-17(28)11-16/h5-11,28H,4,12-13H2,1-3H3,(H,23,30)(H,24,29). The van der Waals surface area contributed by atoms with Gasteiger partial charge in [-0.05, 0) is 50.1 Å². The third-order valence-electron chi connectivity index (χ3n) is 4.77. The molecule has 3 aromatic rings. The SMILES string of the molecule is CCn1c(CC(=O)Nc2cccc(C)c2C)nnc1SCC(=O)Nc1cccc(O)c1. The van der Waals surface area contributed by atoms with Crippen LogP contribution in [0.4, 0.5) is 11.4 Å². The molecule has 0 saturated carbocycles. The molecule has 0 aliphatic rings. The van der Waals surface area contributed by atoms with Gasteiger partial charge in [0.15, 0.2) is 5.16 Å². The molecule has 1 aromatic heterocycles. The monoisotopic (exact) mass is 439 g/mol. The van der Waals surface area contributed by atoms with Crippen molar-refractivity contribution in [3.63, 3.8) is 0 Å². The molecule has 0 bridgehead atoms. The van der Waals surface area contributed by atoms with Crippen LogP contribution in [0.5, 0.6) is 5.75 Å². The molecular weight excluding hydrogens is 414 g/mol. The predicted molar refractivity (Wildman–Crippen MR) is 121 cm³/mol. The first kappa shape index (κ1) is 22.4. The minimum atomic E-state index is -0.226. The van der Waals surface area contributed by atoms with Gasteiger partial charge < -0.3 is 20.3 Å². The van der Waals surface area contributed by atoms with Crippen molar-refractivity contribution in [3.8, 4) is 5.75 Å². The predicted octanol–water partition coefficient (Wildman–Crippen LogP) is 3.53. The van der Waals surface area contributed by atoms with Gasteiger partial charge in [-0.3, -0.25) is 9.59 Å². The van der Waals surface area contributed by atoms with Crippen molar-refractivity contribution < 1.29 is 14.7 Å². The molecule has 0 fully saturated rings. The van der Waals surface area contributed by atoms with Gasteiger partial charge in [0.05, 0.1) is 12.2 Å². The van der Waals surface area contributed by atoms with Crippen LogP contribution in [0.15, 0.2) is 47.6 Å². The Labute approximate surface area is 185 Å². The highest BCUT2D eigenvalue weighted by atomic mass is 32.2. The fraction of sp³-hybridized carbons (Fsp3) is 0.273. The maximum Gasteiger partial charge on any atom is 0.234 e. The second-order valence-corrected chi connectivity index (χ2v) is 7.95. The fourth-order valence-corrected chi connectivity index (χ4v) is 3.83. The number of carbonyl (C=O) groups excluding carboxylic acids is 2. The Balaban J connectivity index is 1.60. The van der Waals surface area contributed by atoms with Gasteiger partial charge in [-0.1, -0.05) is 30.0 Å². The number of benzene rings is 2. The summed E-state index contributed by atoms with van der Waals surface area (Å²) in [6.07, 6.45) is 0.0876. The number of carbonyl (C=O) groups is 2. The van der Waals surface area contributed by atoms with E-state index in [1.54, 1.807) is 12.1 Å². The quantitative estimate of drug-likeness (QED) is 0.463. The molecule has 8 nitrogen and oxygen atoms in total. The van der Waals surface area contributed by atoms with Gasteiger partial charge in [-0.15, -0.1) is 10.2 Å². The lowest BCUT2D eigenvalue weighted by atomic mass is 10.1. The molecule has 3 N–H and O–H groups in total. The third kappa shape index (κ3) is 5.85. The van der Waals surface area contributed by atoms with Crippen LogP contribution < -0.4 is 10.6 Å². The zero-order chi connectivity index (χ0) is 22.4. The van der Waals surface area contributed by atoms with Crippen molar-refractivity contribution in [2.45, 2.75) is 38.9 Å². The first-order valence-electron chi connectivity index (χ1n) is 9.87. The van der Waals surface area contributed by atoms with E-state index in [9.17, 15) is 14.7 Å². The number of nitrogens with zero attached hydrogens (tertiary/aromatic N) is 3. The zero-order valence-corrected chi connectivity index (χ0v) is 18.5. The number of nitrogens with one attached hydrogen (secondary N) is 2. The van der Waals surface area contributed by atoms with Gasteiger partial charge in [0, 0.05) is 24.0 Å². The van der Waals surface area contributed by atoms with E-state index in [2.05, 4.69) is 20.8 Å². The van der Waals surface area contributed by atoms with Gasteiger partial charge in [0.25, 0.3) is 0 Å². The van der Waals surface area contributed by atoms with E-state index >= 15 is 0 Å². The minimum absolute atomic E-state index is 0.0833. The van der Waals surface area contributed by atoms with Crippen LogP contribution in [-0.2, 0) is 22.6 Å². The summed E-state index contributed by atoms with van der Waals surface area (Å²) in [4.78, 5) is 24.7. The van der Waals surface area contributed by atoms with E-state index < -0.39 is 0 Å². The highest BCUT2D eigenvalue weighted by Gasteiger charge is 2.16. The van der Waals surface area contributed by atoms with Crippen molar-refractivity contribution in [2.24, 2.45) is 0 Å². The van der Waals surface area contributed by atoms with Crippen LogP contribution in [-0.4, -0.2) is 37.4 Å². The Kier molecular flexibility index (Phi) is 7.30. The topological polar surface area (TPSA) is 109 Å². The molecule has 0 saturated heterocycles. The zero-order valence-electron chi connectivity index (χ0n) is 17.7. The van der Waals surface area contributed by atoms with Crippen LogP contribution in [0.1, 0.15) is 23.9 Å². The van der Waals surface area contributed by atoms with E-state index in [-0.39, 0.29) is 29.7 Å². The number of aryl methyl sites for hydroxylation is 1. The molecule has 3 rings (SSSR count). The Morgan fingerprint density at radius 1 is 1.06 bits per heavy atom. The lowest BCUT2D eigenvalue weighted by Gasteiger charge is -2.11. The Bertz CT molecular complexity index is 1100. The summed E-state index contributed by atoms with van der Waals surface area (Å²) in [5.41, 5.74) is 3.44. The highest BCUT2D eigenvalue weighted by Crippen LogP contribution is 2.21. The highest BCUT2D eigenvalue weighted by molar-refractivity contribution is 7.99. The number of thioether (sulfide) groups is 1.